The smallest absolute Gasteiger partial charge is 0.0829 e. The van der Waals surface area contributed by atoms with Crippen molar-refractivity contribution in [2.24, 2.45) is 0 Å². The van der Waals surface area contributed by atoms with Crippen molar-refractivity contribution in [1.82, 2.24) is 0 Å². The van der Waals surface area contributed by atoms with Crippen LogP contribution in [0.1, 0.15) is 37.9 Å². The van der Waals surface area contributed by atoms with Gasteiger partial charge in [-0.25, -0.2) is 0 Å². The molecule has 0 amide bonds. The monoisotopic (exact) mass is 176 g/mol. The van der Waals surface area contributed by atoms with Crippen LogP contribution < -0.4 is 0 Å². The second-order valence-electron chi connectivity index (χ2n) is 3.64. The van der Waals surface area contributed by atoms with E-state index in [1.165, 1.54) is 18.4 Å². The van der Waals surface area contributed by atoms with Gasteiger partial charge in [-0.2, -0.15) is 0 Å². The van der Waals surface area contributed by atoms with Crippen LogP contribution >= 0.6 is 0 Å². The van der Waals surface area contributed by atoms with Gasteiger partial charge in [-0.1, -0.05) is 37.3 Å². The minimum absolute atomic E-state index is 0.353. The molecule has 2 atom stereocenters. The fraction of sp³-hybridized carbons (Fsp3) is 0.500. The Kier molecular flexibility index (Phi) is 2.65. The molecule has 0 radical (unpaired) electrons. The van der Waals surface area contributed by atoms with Crippen molar-refractivity contribution in [3.05, 3.63) is 35.9 Å². The van der Waals surface area contributed by atoms with Crippen LogP contribution in [-0.2, 0) is 4.74 Å². The van der Waals surface area contributed by atoms with Gasteiger partial charge < -0.3 is 4.74 Å². The molecule has 2 rings (SSSR count). The van der Waals surface area contributed by atoms with Crippen molar-refractivity contribution >= 4 is 0 Å². The van der Waals surface area contributed by atoms with Crippen molar-refractivity contribution in [3.8, 4) is 0 Å². The zero-order valence-corrected chi connectivity index (χ0v) is 8.07. The van der Waals surface area contributed by atoms with Gasteiger partial charge in [-0.05, 0) is 24.8 Å². The molecule has 0 unspecified atom stereocenters. The van der Waals surface area contributed by atoms with E-state index in [-0.39, 0.29) is 0 Å². The Hall–Kier alpha value is -0.820. The molecule has 13 heavy (non-hydrogen) atoms. The molecule has 1 heterocycles. The summed E-state index contributed by atoms with van der Waals surface area (Å²) >= 11 is 0. The zero-order valence-electron chi connectivity index (χ0n) is 8.07. The molecule has 1 aliphatic rings. The number of hydrogen-bond acceptors (Lipinski definition) is 1. The molecule has 1 aromatic carbocycles. The van der Waals surface area contributed by atoms with E-state index in [0.717, 1.165) is 6.42 Å². The van der Waals surface area contributed by atoms with Crippen LogP contribution in [0, 0.1) is 0 Å². The van der Waals surface area contributed by atoms with Gasteiger partial charge in [0.2, 0.25) is 0 Å². The maximum Gasteiger partial charge on any atom is 0.0829 e. The van der Waals surface area contributed by atoms with Crippen molar-refractivity contribution in [2.45, 2.75) is 38.4 Å². The van der Waals surface area contributed by atoms with E-state index in [1.54, 1.807) is 0 Å². The standard InChI is InChI=1S/C12H16O/c1-2-11-8-9-12(13-11)10-6-4-3-5-7-10/h3-7,11-12H,2,8-9H2,1H3/t11-,12-/m1/s1. The summed E-state index contributed by atoms with van der Waals surface area (Å²) in [5, 5.41) is 0. The SMILES string of the molecule is CC[C@@H]1CC[C@H](c2ccccc2)O1. The van der Waals surface area contributed by atoms with Crippen LogP contribution in [0.2, 0.25) is 0 Å². The van der Waals surface area contributed by atoms with E-state index in [0.29, 0.717) is 12.2 Å². The lowest BCUT2D eigenvalue weighted by Gasteiger charge is -2.12. The fourth-order valence-electron chi connectivity index (χ4n) is 1.92. The van der Waals surface area contributed by atoms with E-state index in [4.69, 9.17) is 4.74 Å². The second-order valence-corrected chi connectivity index (χ2v) is 3.64. The van der Waals surface area contributed by atoms with Crippen molar-refractivity contribution in [3.63, 3.8) is 0 Å². The first-order valence-corrected chi connectivity index (χ1v) is 5.10. The molecule has 1 aliphatic heterocycles. The first kappa shape index (κ1) is 8.76. The van der Waals surface area contributed by atoms with Gasteiger partial charge >= 0.3 is 0 Å². The van der Waals surface area contributed by atoms with Gasteiger partial charge in [0.15, 0.2) is 0 Å². The maximum atomic E-state index is 5.90. The summed E-state index contributed by atoms with van der Waals surface area (Å²) in [7, 11) is 0. The Morgan fingerprint density at radius 3 is 2.62 bits per heavy atom. The first-order valence-electron chi connectivity index (χ1n) is 5.10. The van der Waals surface area contributed by atoms with Gasteiger partial charge in [0, 0.05) is 0 Å². The summed E-state index contributed by atoms with van der Waals surface area (Å²) in [6, 6.07) is 10.5. The molecule has 0 bridgehead atoms. The van der Waals surface area contributed by atoms with E-state index in [2.05, 4.69) is 37.3 Å². The normalized spacial score (nSPS) is 27.8. The van der Waals surface area contributed by atoms with Gasteiger partial charge in [-0.15, -0.1) is 0 Å². The lowest BCUT2D eigenvalue weighted by atomic mass is 10.1. The van der Waals surface area contributed by atoms with E-state index in [9.17, 15) is 0 Å². The number of hydrogen-bond donors (Lipinski definition) is 0. The highest BCUT2D eigenvalue weighted by molar-refractivity contribution is 5.18. The Bertz CT molecular complexity index is 255. The van der Waals surface area contributed by atoms with Crippen LogP contribution in [-0.4, -0.2) is 6.10 Å². The summed E-state index contributed by atoms with van der Waals surface area (Å²) in [5.41, 5.74) is 1.33. The largest absolute Gasteiger partial charge is 0.370 e. The quantitative estimate of drug-likeness (QED) is 0.671. The Morgan fingerprint density at radius 1 is 1.23 bits per heavy atom. The third kappa shape index (κ3) is 1.92. The molecule has 1 heteroatoms. The lowest BCUT2D eigenvalue weighted by molar-refractivity contribution is 0.0428. The summed E-state index contributed by atoms with van der Waals surface area (Å²) in [6.45, 7) is 2.19. The van der Waals surface area contributed by atoms with E-state index < -0.39 is 0 Å². The maximum absolute atomic E-state index is 5.90. The van der Waals surface area contributed by atoms with Crippen LogP contribution in [0.25, 0.3) is 0 Å². The molecular weight excluding hydrogens is 160 g/mol. The molecule has 70 valence electrons. The van der Waals surface area contributed by atoms with Gasteiger partial charge in [0.05, 0.1) is 12.2 Å². The Balaban J connectivity index is 2.04. The number of benzene rings is 1. The van der Waals surface area contributed by atoms with E-state index >= 15 is 0 Å². The van der Waals surface area contributed by atoms with Crippen LogP contribution in [0.5, 0.6) is 0 Å². The summed E-state index contributed by atoms with van der Waals surface area (Å²) in [6.07, 6.45) is 4.39. The highest BCUT2D eigenvalue weighted by Gasteiger charge is 2.24. The topological polar surface area (TPSA) is 9.23 Å². The zero-order chi connectivity index (χ0) is 9.10. The predicted octanol–water partition coefficient (Wildman–Crippen LogP) is 3.32. The molecular formula is C12H16O. The molecule has 1 saturated heterocycles. The molecule has 0 N–H and O–H groups in total. The van der Waals surface area contributed by atoms with Crippen LogP contribution in [0.15, 0.2) is 30.3 Å². The van der Waals surface area contributed by atoms with Gasteiger partial charge in [-0.3, -0.25) is 0 Å². The molecule has 1 nitrogen and oxygen atoms in total. The molecule has 0 aliphatic carbocycles. The Labute approximate surface area is 79.7 Å². The van der Waals surface area contributed by atoms with E-state index in [1.807, 2.05) is 0 Å². The Morgan fingerprint density at radius 2 is 2.00 bits per heavy atom. The third-order valence-corrected chi connectivity index (χ3v) is 2.73. The average molecular weight is 176 g/mol. The lowest BCUT2D eigenvalue weighted by Crippen LogP contribution is -2.04. The molecule has 0 aromatic heterocycles. The number of rotatable bonds is 2. The van der Waals surface area contributed by atoms with Crippen LogP contribution in [0.3, 0.4) is 0 Å². The molecule has 0 saturated carbocycles. The number of ether oxygens (including phenoxy) is 1. The first-order chi connectivity index (χ1) is 6.40. The molecule has 1 aromatic rings. The average Bonchev–Trinajstić information content (AvgIpc) is 2.67. The van der Waals surface area contributed by atoms with Gasteiger partial charge in [0.1, 0.15) is 0 Å². The minimum atomic E-state index is 0.353. The third-order valence-electron chi connectivity index (χ3n) is 2.73. The summed E-state index contributed by atoms with van der Waals surface area (Å²) in [4.78, 5) is 0. The summed E-state index contributed by atoms with van der Waals surface area (Å²) < 4.78 is 5.90. The van der Waals surface area contributed by atoms with Gasteiger partial charge in [0.25, 0.3) is 0 Å². The predicted molar refractivity (Wildman–Crippen MR) is 53.6 cm³/mol. The highest BCUT2D eigenvalue weighted by Crippen LogP contribution is 2.33. The minimum Gasteiger partial charge on any atom is -0.370 e. The second kappa shape index (κ2) is 3.93. The highest BCUT2D eigenvalue weighted by atomic mass is 16.5. The summed E-state index contributed by atoms with van der Waals surface area (Å²) in [5.74, 6) is 0. The van der Waals surface area contributed by atoms with Crippen molar-refractivity contribution in [2.75, 3.05) is 0 Å². The molecule has 1 fully saturated rings. The van der Waals surface area contributed by atoms with Crippen LogP contribution in [0.4, 0.5) is 0 Å². The fourth-order valence-corrected chi connectivity index (χ4v) is 1.92. The molecule has 0 spiro atoms. The van der Waals surface area contributed by atoms with Crippen molar-refractivity contribution in [1.29, 1.82) is 0 Å². The van der Waals surface area contributed by atoms with Crippen molar-refractivity contribution < 1.29 is 4.74 Å².